The molecule has 1 aromatic heterocycles. The van der Waals surface area contributed by atoms with Crippen molar-refractivity contribution >= 4 is 18.1 Å². The van der Waals surface area contributed by atoms with Crippen LogP contribution < -0.4 is 5.32 Å². The normalized spacial score (nSPS) is 17.9. The average Bonchev–Trinajstić information content (AvgIpc) is 2.70. The molecule has 1 heterocycles. The molecule has 0 aromatic carbocycles. The fraction of sp³-hybridized carbons (Fsp3) is 0.800. The zero-order chi connectivity index (χ0) is 15.9. The van der Waals surface area contributed by atoms with Gasteiger partial charge in [0.05, 0.1) is 12.6 Å². The largest absolute Gasteiger partial charge is 0.365 e. The van der Waals surface area contributed by atoms with Gasteiger partial charge in [-0.15, -0.1) is 0 Å². The number of nitrogens with one attached hydrogen (secondary N) is 2. The summed E-state index contributed by atoms with van der Waals surface area (Å²) in [4.78, 5) is 12.2. The fourth-order valence-electron chi connectivity index (χ4n) is 2.85. The Morgan fingerprint density at radius 2 is 2.14 bits per heavy atom. The van der Waals surface area contributed by atoms with Crippen LogP contribution >= 0.6 is 12.2 Å². The Bertz CT molecular complexity index is 532. The predicted molar refractivity (Wildman–Crippen MR) is 87.0 cm³/mol. The lowest BCUT2D eigenvalue weighted by atomic mass is 10.1. The lowest BCUT2D eigenvalue weighted by Gasteiger charge is -2.20. The number of ether oxygens (including phenoxy) is 1. The van der Waals surface area contributed by atoms with Crippen LogP contribution in [0.25, 0.3) is 0 Å². The van der Waals surface area contributed by atoms with Crippen LogP contribution in [0.15, 0.2) is 0 Å². The van der Waals surface area contributed by atoms with E-state index < -0.39 is 6.10 Å². The van der Waals surface area contributed by atoms with Crippen LogP contribution in [0.4, 0.5) is 0 Å². The number of rotatable bonds is 6. The fourth-order valence-corrected chi connectivity index (χ4v) is 3.13. The summed E-state index contributed by atoms with van der Waals surface area (Å²) in [7, 11) is 0. The molecule has 2 rings (SSSR count). The zero-order valence-corrected chi connectivity index (χ0v) is 14.2. The molecule has 2 N–H and O–H groups in total. The molecule has 0 spiro atoms. The van der Waals surface area contributed by atoms with Gasteiger partial charge < -0.3 is 14.6 Å². The van der Waals surface area contributed by atoms with Gasteiger partial charge in [0.15, 0.2) is 10.6 Å². The van der Waals surface area contributed by atoms with E-state index in [1.807, 2.05) is 18.4 Å². The van der Waals surface area contributed by atoms with Crippen LogP contribution in [0, 0.1) is 4.77 Å². The summed E-state index contributed by atoms with van der Waals surface area (Å²) in [6.45, 7) is 4.90. The number of hydrogen-bond acceptors (Lipinski definition) is 4. The maximum Gasteiger partial charge on any atom is 0.249 e. The van der Waals surface area contributed by atoms with Gasteiger partial charge in [0.2, 0.25) is 5.91 Å². The molecular formula is C15H26N4O2S. The van der Waals surface area contributed by atoms with E-state index in [-0.39, 0.29) is 12.0 Å². The Kier molecular flexibility index (Phi) is 6.57. The molecule has 1 aliphatic carbocycles. The summed E-state index contributed by atoms with van der Waals surface area (Å²) < 4.78 is 8.36. The highest BCUT2D eigenvalue weighted by molar-refractivity contribution is 7.71. The monoisotopic (exact) mass is 326 g/mol. The SMILES string of the molecule is CCn1c(CNC(=O)[C@H](C)OC2CCCCCC2)n[nH]c1=S. The van der Waals surface area contributed by atoms with Gasteiger partial charge in [-0.1, -0.05) is 25.7 Å². The first-order valence-corrected chi connectivity index (χ1v) is 8.60. The van der Waals surface area contributed by atoms with Gasteiger partial charge >= 0.3 is 0 Å². The lowest BCUT2D eigenvalue weighted by Crippen LogP contribution is -2.37. The molecule has 0 radical (unpaired) electrons. The van der Waals surface area contributed by atoms with Crippen molar-refractivity contribution in [1.29, 1.82) is 0 Å². The second kappa shape index (κ2) is 8.43. The maximum absolute atomic E-state index is 12.2. The van der Waals surface area contributed by atoms with Crippen molar-refractivity contribution in [3.05, 3.63) is 10.6 Å². The zero-order valence-electron chi connectivity index (χ0n) is 13.4. The van der Waals surface area contributed by atoms with Gasteiger partial charge in [0.25, 0.3) is 0 Å². The second-order valence-electron chi connectivity index (χ2n) is 5.80. The van der Waals surface area contributed by atoms with E-state index in [0.29, 0.717) is 11.3 Å². The number of H-pyrrole nitrogens is 1. The highest BCUT2D eigenvalue weighted by Crippen LogP contribution is 2.20. The number of carbonyl (C=O) groups is 1. The van der Waals surface area contributed by atoms with Gasteiger partial charge in [0, 0.05) is 6.54 Å². The summed E-state index contributed by atoms with van der Waals surface area (Å²) in [5.41, 5.74) is 0. The molecule has 0 bridgehead atoms. The minimum Gasteiger partial charge on any atom is -0.365 e. The molecule has 6 nitrogen and oxygen atoms in total. The van der Waals surface area contributed by atoms with E-state index in [2.05, 4.69) is 15.5 Å². The first-order chi connectivity index (χ1) is 10.6. The third kappa shape index (κ3) is 4.64. The summed E-state index contributed by atoms with van der Waals surface area (Å²) in [5, 5.41) is 9.76. The van der Waals surface area contributed by atoms with E-state index in [4.69, 9.17) is 17.0 Å². The van der Waals surface area contributed by atoms with Gasteiger partial charge in [0.1, 0.15) is 6.10 Å². The molecule has 1 fully saturated rings. The number of nitrogens with zero attached hydrogens (tertiary/aromatic N) is 2. The van der Waals surface area contributed by atoms with Crippen molar-refractivity contribution in [3.63, 3.8) is 0 Å². The topological polar surface area (TPSA) is 71.9 Å². The Hall–Kier alpha value is -1.21. The quantitative estimate of drug-likeness (QED) is 0.623. The molecule has 7 heteroatoms. The highest BCUT2D eigenvalue weighted by atomic mass is 32.1. The third-order valence-corrected chi connectivity index (χ3v) is 4.45. The van der Waals surface area contributed by atoms with E-state index in [1.165, 1.54) is 25.7 Å². The van der Waals surface area contributed by atoms with E-state index >= 15 is 0 Å². The van der Waals surface area contributed by atoms with Crippen molar-refractivity contribution in [3.8, 4) is 0 Å². The van der Waals surface area contributed by atoms with Crippen LogP contribution in [0.3, 0.4) is 0 Å². The van der Waals surface area contributed by atoms with Crippen LogP contribution in [0.1, 0.15) is 58.2 Å². The van der Waals surface area contributed by atoms with Crippen LogP contribution in [0.5, 0.6) is 0 Å². The van der Waals surface area contributed by atoms with Crippen LogP contribution in [-0.2, 0) is 22.6 Å². The van der Waals surface area contributed by atoms with E-state index in [0.717, 1.165) is 25.2 Å². The van der Waals surface area contributed by atoms with Crippen molar-refractivity contribution in [2.75, 3.05) is 0 Å². The summed E-state index contributed by atoms with van der Waals surface area (Å²) in [5.74, 6) is 0.642. The molecular weight excluding hydrogens is 300 g/mol. The van der Waals surface area contributed by atoms with Gasteiger partial charge in [-0.05, 0) is 38.9 Å². The minimum absolute atomic E-state index is 0.0965. The van der Waals surface area contributed by atoms with Crippen LogP contribution in [0.2, 0.25) is 0 Å². The number of amides is 1. The second-order valence-corrected chi connectivity index (χ2v) is 6.19. The Labute approximate surface area is 136 Å². The number of aromatic nitrogens is 3. The lowest BCUT2D eigenvalue weighted by molar-refractivity contribution is -0.136. The predicted octanol–water partition coefficient (Wildman–Crippen LogP) is 2.70. The molecule has 0 unspecified atom stereocenters. The molecule has 1 aromatic rings. The molecule has 1 aliphatic rings. The number of aromatic amines is 1. The molecule has 1 saturated carbocycles. The Balaban J connectivity index is 1.81. The van der Waals surface area contributed by atoms with Gasteiger partial charge in [-0.3, -0.25) is 9.89 Å². The van der Waals surface area contributed by atoms with Gasteiger partial charge in [-0.2, -0.15) is 5.10 Å². The number of carbonyl (C=O) groups excluding carboxylic acids is 1. The Morgan fingerprint density at radius 3 is 2.77 bits per heavy atom. The summed E-state index contributed by atoms with van der Waals surface area (Å²) >= 11 is 5.13. The standard InChI is InChI=1S/C15H26N4O2S/c1-3-19-13(17-18-15(19)22)10-16-14(20)11(2)21-12-8-6-4-5-7-9-12/h11-12H,3-10H2,1-2H3,(H,16,20)(H,18,22)/t11-/m0/s1. The van der Waals surface area contributed by atoms with Crippen molar-refractivity contribution in [2.24, 2.45) is 0 Å². The molecule has 0 aliphatic heterocycles. The van der Waals surface area contributed by atoms with Crippen molar-refractivity contribution < 1.29 is 9.53 Å². The van der Waals surface area contributed by atoms with E-state index in [9.17, 15) is 4.79 Å². The van der Waals surface area contributed by atoms with Crippen molar-refractivity contribution in [1.82, 2.24) is 20.1 Å². The van der Waals surface area contributed by atoms with Crippen LogP contribution in [-0.4, -0.2) is 32.9 Å². The molecule has 1 atom stereocenters. The molecule has 124 valence electrons. The molecule has 0 saturated heterocycles. The summed E-state index contributed by atoms with van der Waals surface area (Å²) in [6.07, 6.45) is 6.86. The molecule has 22 heavy (non-hydrogen) atoms. The smallest absolute Gasteiger partial charge is 0.249 e. The number of hydrogen-bond donors (Lipinski definition) is 2. The molecule has 1 amide bonds. The maximum atomic E-state index is 12.2. The van der Waals surface area contributed by atoms with E-state index in [1.54, 1.807) is 0 Å². The third-order valence-electron chi connectivity index (χ3n) is 4.14. The summed E-state index contributed by atoms with van der Waals surface area (Å²) in [6, 6.07) is 0. The first kappa shape index (κ1) is 17.1. The minimum atomic E-state index is -0.430. The average molecular weight is 326 g/mol. The highest BCUT2D eigenvalue weighted by Gasteiger charge is 2.20. The van der Waals surface area contributed by atoms with Crippen molar-refractivity contribution in [2.45, 2.75) is 77.7 Å². The van der Waals surface area contributed by atoms with Gasteiger partial charge in [-0.25, -0.2) is 0 Å². The Morgan fingerprint density at radius 1 is 1.45 bits per heavy atom. The first-order valence-electron chi connectivity index (χ1n) is 8.19.